The van der Waals surface area contributed by atoms with Gasteiger partial charge in [-0.15, -0.1) is 11.3 Å². The normalized spacial score (nSPS) is 11.1. The quantitative estimate of drug-likeness (QED) is 0.442. The van der Waals surface area contributed by atoms with Crippen molar-refractivity contribution in [2.45, 2.75) is 20.0 Å². The van der Waals surface area contributed by atoms with Crippen LogP contribution in [0.3, 0.4) is 0 Å². The van der Waals surface area contributed by atoms with E-state index < -0.39 is 0 Å². The first kappa shape index (κ1) is 19.0. The zero-order chi connectivity index (χ0) is 19.7. The van der Waals surface area contributed by atoms with Crippen molar-refractivity contribution in [3.63, 3.8) is 0 Å². The molecule has 0 saturated carbocycles. The molecule has 0 radical (unpaired) electrons. The number of nitrogens with one attached hydrogen (secondary N) is 1. The molecule has 2 heterocycles. The van der Waals surface area contributed by atoms with Crippen LogP contribution in [0.5, 0.6) is 0 Å². The average molecular weight is 430 g/mol. The maximum atomic E-state index is 12.6. The molecule has 0 bridgehead atoms. The van der Waals surface area contributed by atoms with E-state index in [2.05, 4.69) is 10.4 Å². The summed E-state index contributed by atoms with van der Waals surface area (Å²) in [4.78, 5) is 14.2. The molecule has 1 N–H and O–H groups in total. The lowest BCUT2D eigenvalue weighted by molar-refractivity contribution is 0.0955. The average Bonchev–Trinajstić information content (AvgIpc) is 3.24. The number of fused-ring (bicyclic) bond motifs is 1. The van der Waals surface area contributed by atoms with Crippen LogP contribution in [0.25, 0.3) is 10.2 Å². The highest BCUT2D eigenvalue weighted by atomic mass is 35.5. The first-order chi connectivity index (χ1) is 13.5. The molecular formula is C21H17Cl2N3OS. The summed E-state index contributed by atoms with van der Waals surface area (Å²) in [5, 5.41) is 9.96. The Morgan fingerprint density at radius 3 is 2.64 bits per heavy atom. The Bertz CT molecular complexity index is 1150. The summed E-state index contributed by atoms with van der Waals surface area (Å²) in [7, 11) is 0. The number of nitrogens with zero attached hydrogens (tertiary/aromatic N) is 2. The minimum absolute atomic E-state index is 0.0974. The maximum Gasteiger partial charge on any atom is 0.261 e. The SMILES string of the molecule is Cc1nn(Cc2ccccc2Cl)c2sc(C(=O)NCc3ccc(Cl)cc3)cc12. The van der Waals surface area contributed by atoms with E-state index >= 15 is 0 Å². The Kier molecular flexibility index (Phi) is 5.40. The third-order valence-corrected chi connectivity index (χ3v) is 6.24. The van der Waals surface area contributed by atoms with Crippen molar-refractivity contribution in [1.29, 1.82) is 0 Å². The van der Waals surface area contributed by atoms with Gasteiger partial charge in [0.1, 0.15) is 4.83 Å². The lowest BCUT2D eigenvalue weighted by Crippen LogP contribution is -2.21. The molecule has 7 heteroatoms. The van der Waals surface area contributed by atoms with Crippen LogP contribution in [-0.2, 0) is 13.1 Å². The Balaban J connectivity index is 1.55. The second-order valence-corrected chi connectivity index (χ2v) is 8.35. The predicted octanol–water partition coefficient (Wildman–Crippen LogP) is 5.69. The van der Waals surface area contributed by atoms with E-state index in [4.69, 9.17) is 23.2 Å². The number of aryl methyl sites for hydroxylation is 1. The fourth-order valence-electron chi connectivity index (χ4n) is 2.99. The number of carbonyl (C=O) groups is 1. The van der Waals surface area contributed by atoms with Gasteiger partial charge < -0.3 is 5.32 Å². The summed E-state index contributed by atoms with van der Waals surface area (Å²) in [6.45, 7) is 2.97. The van der Waals surface area contributed by atoms with Crippen LogP contribution in [0, 0.1) is 6.92 Å². The number of amides is 1. The van der Waals surface area contributed by atoms with Gasteiger partial charge in [0.05, 0.1) is 17.1 Å². The number of rotatable bonds is 5. The number of thiophene rings is 1. The summed E-state index contributed by atoms with van der Waals surface area (Å²) < 4.78 is 1.91. The topological polar surface area (TPSA) is 46.9 Å². The Hall–Kier alpha value is -2.34. The standard InChI is InChI=1S/C21H17Cl2N3OS/c1-13-17-10-19(20(27)24-11-14-6-8-16(22)9-7-14)28-21(17)26(25-13)12-15-4-2-3-5-18(15)23/h2-10H,11-12H2,1H3,(H,24,27). The summed E-state index contributed by atoms with van der Waals surface area (Å²) in [5.74, 6) is -0.0974. The summed E-state index contributed by atoms with van der Waals surface area (Å²) in [5.41, 5.74) is 2.89. The molecule has 142 valence electrons. The van der Waals surface area contributed by atoms with Crippen LogP contribution in [0.15, 0.2) is 54.6 Å². The lowest BCUT2D eigenvalue weighted by Gasteiger charge is -2.05. The first-order valence-electron chi connectivity index (χ1n) is 8.74. The Morgan fingerprint density at radius 2 is 1.89 bits per heavy atom. The van der Waals surface area contributed by atoms with Crippen LogP contribution in [0.1, 0.15) is 26.5 Å². The first-order valence-corrected chi connectivity index (χ1v) is 10.3. The summed E-state index contributed by atoms with van der Waals surface area (Å²) in [6, 6.07) is 17.1. The highest BCUT2D eigenvalue weighted by Crippen LogP contribution is 2.29. The van der Waals surface area contributed by atoms with Gasteiger partial charge in [0.2, 0.25) is 0 Å². The Labute approximate surface area is 176 Å². The van der Waals surface area contributed by atoms with Gasteiger partial charge in [-0.25, -0.2) is 0 Å². The molecule has 0 fully saturated rings. The molecule has 2 aromatic carbocycles. The van der Waals surface area contributed by atoms with Crippen molar-refractivity contribution >= 4 is 50.7 Å². The van der Waals surface area contributed by atoms with Gasteiger partial charge >= 0.3 is 0 Å². The third-order valence-electron chi connectivity index (χ3n) is 4.48. The van der Waals surface area contributed by atoms with Gasteiger partial charge in [0.15, 0.2) is 0 Å². The van der Waals surface area contributed by atoms with E-state index in [0.29, 0.717) is 28.0 Å². The van der Waals surface area contributed by atoms with Crippen molar-refractivity contribution in [2.75, 3.05) is 0 Å². The number of hydrogen-bond acceptors (Lipinski definition) is 3. The van der Waals surface area contributed by atoms with Crippen LogP contribution < -0.4 is 5.32 Å². The number of benzene rings is 2. The van der Waals surface area contributed by atoms with Crippen molar-refractivity contribution in [2.24, 2.45) is 0 Å². The highest BCUT2D eigenvalue weighted by molar-refractivity contribution is 7.20. The van der Waals surface area contributed by atoms with E-state index in [0.717, 1.165) is 27.0 Å². The largest absolute Gasteiger partial charge is 0.347 e. The zero-order valence-corrected chi connectivity index (χ0v) is 17.4. The molecule has 4 aromatic rings. The lowest BCUT2D eigenvalue weighted by atomic mass is 10.2. The summed E-state index contributed by atoms with van der Waals surface area (Å²) in [6.07, 6.45) is 0. The van der Waals surface area contributed by atoms with Crippen LogP contribution in [0.2, 0.25) is 10.0 Å². The summed E-state index contributed by atoms with van der Waals surface area (Å²) >= 11 is 13.6. The third kappa shape index (κ3) is 3.92. The van der Waals surface area contributed by atoms with E-state index in [-0.39, 0.29) is 5.91 Å². The second kappa shape index (κ2) is 7.95. The second-order valence-electron chi connectivity index (χ2n) is 6.47. The van der Waals surface area contributed by atoms with Crippen molar-refractivity contribution < 1.29 is 4.79 Å². The molecule has 0 atom stereocenters. The van der Waals surface area contributed by atoms with Crippen molar-refractivity contribution in [3.05, 3.63) is 86.3 Å². The van der Waals surface area contributed by atoms with Gasteiger partial charge in [-0.1, -0.05) is 53.5 Å². The number of hydrogen-bond donors (Lipinski definition) is 1. The molecule has 1 amide bonds. The van der Waals surface area contributed by atoms with Gasteiger partial charge in [0, 0.05) is 22.0 Å². The van der Waals surface area contributed by atoms with E-state index in [1.807, 2.05) is 66.2 Å². The molecule has 0 aliphatic rings. The molecule has 0 aliphatic carbocycles. The van der Waals surface area contributed by atoms with Crippen LogP contribution in [0.4, 0.5) is 0 Å². The van der Waals surface area contributed by atoms with E-state index in [9.17, 15) is 4.79 Å². The fourth-order valence-corrected chi connectivity index (χ4v) is 4.39. The van der Waals surface area contributed by atoms with Gasteiger partial charge in [-0.3, -0.25) is 9.48 Å². The van der Waals surface area contributed by atoms with Gasteiger partial charge in [0.25, 0.3) is 5.91 Å². The number of aromatic nitrogens is 2. The number of halogens is 2. The molecule has 4 rings (SSSR count). The van der Waals surface area contributed by atoms with E-state index in [1.54, 1.807) is 0 Å². The van der Waals surface area contributed by atoms with Gasteiger partial charge in [-0.2, -0.15) is 5.10 Å². The minimum Gasteiger partial charge on any atom is -0.347 e. The molecule has 28 heavy (non-hydrogen) atoms. The fraction of sp³-hybridized carbons (Fsp3) is 0.143. The zero-order valence-electron chi connectivity index (χ0n) is 15.1. The van der Waals surface area contributed by atoms with Crippen LogP contribution >= 0.6 is 34.5 Å². The molecule has 0 aliphatic heterocycles. The molecule has 0 saturated heterocycles. The molecular weight excluding hydrogens is 413 g/mol. The monoisotopic (exact) mass is 429 g/mol. The Morgan fingerprint density at radius 1 is 1.14 bits per heavy atom. The predicted molar refractivity (Wildman–Crippen MR) is 116 cm³/mol. The molecule has 0 spiro atoms. The van der Waals surface area contributed by atoms with Crippen molar-refractivity contribution in [1.82, 2.24) is 15.1 Å². The molecule has 4 nitrogen and oxygen atoms in total. The highest BCUT2D eigenvalue weighted by Gasteiger charge is 2.17. The molecule has 0 unspecified atom stereocenters. The van der Waals surface area contributed by atoms with Gasteiger partial charge in [-0.05, 0) is 42.3 Å². The van der Waals surface area contributed by atoms with Crippen molar-refractivity contribution in [3.8, 4) is 0 Å². The smallest absolute Gasteiger partial charge is 0.261 e. The van der Waals surface area contributed by atoms with E-state index in [1.165, 1.54) is 11.3 Å². The minimum atomic E-state index is -0.0974. The molecule has 2 aromatic heterocycles. The van der Waals surface area contributed by atoms with Crippen LogP contribution in [-0.4, -0.2) is 15.7 Å². The maximum absolute atomic E-state index is 12.6. The number of carbonyl (C=O) groups excluding carboxylic acids is 1.